The molecule has 0 saturated heterocycles. The molecule has 0 aliphatic heterocycles. The van der Waals surface area contributed by atoms with Crippen molar-refractivity contribution in [3.8, 4) is 0 Å². The summed E-state index contributed by atoms with van der Waals surface area (Å²) in [5, 5.41) is 2.86. The minimum absolute atomic E-state index is 0.150. The monoisotopic (exact) mass is 327 g/mol. The van der Waals surface area contributed by atoms with Crippen molar-refractivity contribution in [1.29, 1.82) is 0 Å². The first kappa shape index (κ1) is 17.5. The third kappa shape index (κ3) is 5.08. The van der Waals surface area contributed by atoms with Gasteiger partial charge in [-0.3, -0.25) is 4.98 Å². The van der Waals surface area contributed by atoms with Crippen molar-refractivity contribution in [3.05, 3.63) is 65.5 Å². The molecule has 1 aromatic carbocycles. The van der Waals surface area contributed by atoms with Crippen LogP contribution in [-0.2, 0) is 17.7 Å². The number of urea groups is 1. The van der Waals surface area contributed by atoms with Crippen molar-refractivity contribution in [3.63, 3.8) is 0 Å². The largest absolute Gasteiger partial charge is 0.465 e. The van der Waals surface area contributed by atoms with Gasteiger partial charge in [0.2, 0.25) is 0 Å². The van der Waals surface area contributed by atoms with Gasteiger partial charge in [-0.05, 0) is 29.8 Å². The van der Waals surface area contributed by atoms with Gasteiger partial charge in [0.15, 0.2) is 0 Å². The summed E-state index contributed by atoms with van der Waals surface area (Å²) in [6, 6.07) is 12.6. The van der Waals surface area contributed by atoms with Crippen LogP contribution in [0.2, 0.25) is 0 Å². The number of benzene rings is 1. The maximum absolute atomic E-state index is 12.1. The van der Waals surface area contributed by atoms with Crippen LogP contribution < -0.4 is 5.32 Å². The Morgan fingerprint density at radius 2 is 1.92 bits per heavy atom. The number of hydrogen-bond acceptors (Lipinski definition) is 4. The molecule has 2 rings (SSSR count). The van der Waals surface area contributed by atoms with E-state index >= 15 is 0 Å². The molecule has 0 unspecified atom stereocenters. The van der Waals surface area contributed by atoms with Crippen molar-refractivity contribution in [2.45, 2.75) is 13.0 Å². The Morgan fingerprint density at radius 1 is 1.17 bits per heavy atom. The van der Waals surface area contributed by atoms with Crippen LogP contribution in [0.1, 0.15) is 21.6 Å². The molecule has 0 bridgehead atoms. The van der Waals surface area contributed by atoms with E-state index in [2.05, 4.69) is 15.0 Å². The van der Waals surface area contributed by atoms with Gasteiger partial charge in [0.1, 0.15) is 0 Å². The Hall–Kier alpha value is -2.89. The lowest BCUT2D eigenvalue weighted by molar-refractivity contribution is 0.0600. The number of hydrogen-bond donors (Lipinski definition) is 1. The average molecular weight is 327 g/mol. The molecule has 126 valence electrons. The van der Waals surface area contributed by atoms with Crippen molar-refractivity contribution in [1.82, 2.24) is 15.2 Å². The molecule has 1 aromatic heterocycles. The number of rotatable bonds is 6. The number of pyridine rings is 1. The van der Waals surface area contributed by atoms with E-state index in [9.17, 15) is 9.59 Å². The van der Waals surface area contributed by atoms with E-state index in [1.807, 2.05) is 30.3 Å². The Morgan fingerprint density at radius 3 is 2.54 bits per heavy atom. The van der Waals surface area contributed by atoms with Crippen LogP contribution in [0.15, 0.2) is 48.7 Å². The molecule has 0 atom stereocenters. The summed E-state index contributed by atoms with van der Waals surface area (Å²) in [4.78, 5) is 29.3. The summed E-state index contributed by atoms with van der Waals surface area (Å²) in [6.45, 7) is 0.984. The number of nitrogens with one attached hydrogen (secondary N) is 1. The van der Waals surface area contributed by atoms with Gasteiger partial charge in [-0.15, -0.1) is 0 Å². The van der Waals surface area contributed by atoms with E-state index in [1.165, 1.54) is 7.11 Å². The molecule has 6 heteroatoms. The van der Waals surface area contributed by atoms with Gasteiger partial charge in [0.05, 0.1) is 12.7 Å². The zero-order chi connectivity index (χ0) is 17.4. The molecular formula is C18H21N3O3. The number of nitrogens with zero attached hydrogens (tertiary/aromatic N) is 2. The molecular weight excluding hydrogens is 306 g/mol. The second-order valence-corrected chi connectivity index (χ2v) is 5.35. The number of carbonyl (C=O) groups excluding carboxylic acids is 2. The first-order chi connectivity index (χ1) is 11.6. The number of carbonyl (C=O) groups is 2. The SMILES string of the molecule is COC(=O)c1ccc(CN(C)C(=O)NCCc2ccccn2)cc1. The first-order valence-electron chi connectivity index (χ1n) is 7.66. The lowest BCUT2D eigenvalue weighted by Gasteiger charge is -2.18. The van der Waals surface area contributed by atoms with Gasteiger partial charge in [0.25, 0.3) is 0 Å². The van der Waals surface area contributed by atoms with Crippen LogP contribution in [0, 0.1) is 0 Å². The van der Waals surface area contributed by atoms with Gasteiger partial charge in [0, 0.05) is 38.4 Å². The van der Waals surface area contributed by atoms with Crippen LogP contribution >= 0.6 is 0 Å². The Bertz CT molecular complexity index is 672. The van der Waals surface area contributed by atoms with Gasteiger partial charge in [-0.2, -0.15) is 0 Å². The first-order valence-corrected chi connectivity index (χ1v) is 7.66. The topological polar surface area (TPSA) is 71.5 Å². The lowest BCUT2D eigenvalue weighted by atomic mass is 10.1. The van der Waals surface area contributed by atoms with Gasteiger partial charge < -0.3 is 15.0 Å². The zero-order valence-corrected chi connectivity index (χ0v) is 13.9. The van der Waals surface area contributed by atoms with Crippen LogP contribution in [-0.4, -0.2) is 42.6 Å². The number of amides is 2. The average Bonchev–Trinajstić information content (AvgIpc) is 2.62. The summed E-state index contributed by atoms with van der Waals surface area (Å²) in [7, 11) is 3.07. The molecule has 0 fully saturated rings. The quantitative estimate of drug-likeness (QED) is 0.826. The highest BCUT2D eigenvalue weighted by Crippen LogP contribution is 2.08. The molecule has 0 radical (unpaired) electrons. The van der Waals surface area contributed by atoms with Crippen LogP contribution in [0.5, 0.6) is 0 Å². The Balaban J connectivity index is 1.79. The van der Waals surface area contributed by atoms with Crippen LogP contribution in [0.25, 0.3) is 0 Å². The fraction of sp³-hybridized carbons (Fsp3) is 0.278. The van der Waals surface area contributed by atoms with E-state index in [-0.39, 0.29) is 12.0 Å². The van der Waals surface area contributed by atoms with Crippen molar-refractivity contribution >= 4 is 12.0 Å². The molecule has 0 spiro atoms. The van der Waals surface area contributed by atoms with Crippen LogP contribution in [0.4, 0.5) is 4.79 Å². The molecule has 6 nitrogen and oxygen atoms in total. The van der Waals surface area contributed by atoms with Crippen molar-refractivity contribution in [2.24, 2.45) is 0 Å². The highest BCUT2D eigenvalue weighted by Gasteiger charge is 2.10. The molecule has 0 aliphatic rings. The number of esters is 1. The summed E-state index contributed by atoms with van der Waals surface area (Å²) in [5.41, 5.74) is 2.37. The molecule has 0 aliphatic carbocycles. The second kappa shape index (κ2) is 8.67. The molecule has 2 aromatic rings. The van der Waals surface area contributed by atoms with E-state index in [1.54, 1.807) is 30.3 Å². The van der Waals surface area contributed by atoms with E-state index in [4.69, 9.17) is 0 Å². The predicted molar refractivity (Wildman–Crippen MR) is 90.6 cm³/mol. The van der Waals surface area contributed by atoms with Gasteiger partial charge in [-0.1, -0.05) is 18.2 Å². The highest BCUT2D eigenvalue weighted by atomic mass is 16.5. The summed E-state index contributed by atoms with van der Waals surface area (Å²) in [5.74, 6) is -0.373. The fourth-order valence-electron chi connectivity index (χ4n) is 2.19. The summed E-state index contributed by atoms with van der Waals surface area (Å²) >= 11 is 0. The normalized spacial score (nSPS) is 10.1. The van der Waals surface area contributed by atoms with Gasteiger partial charge in [-0.25, -0.2) is 9.59 Å². The molecule has 24 heavy (non-hydrogen) atoms. The maximum Gasteiger partial charge on any atom is 0.337 e. The lowest BCUT2D eigenvalue weighted by Crippen LogP contribution is -2.37. The van der Waals surface area contributed by atoms with E-state index in [0.29, 0.717) is 25.1 Å². The van der Waals surface area contributed by atoms with Crippen molar-refractivity contribution < 1.29 is 14.3 Å². The molecule has 2 amide bonds. The molecule has 1 N–H and O–H groups in total. The van der Waals surface area contributed by atoms with Gasteiger partial charge >= 0.3 is 12.0 Å². The zero-order valence-electron chi connectivity index (χ0n) is 13.9. The summed E-state index contributed by atoms with van der Waals surface area (Å²) in [6.07, 6.45) is 2.43. The minimum Gasteiger partial charge on any atom is -0.465 e. The van der Waals surface area contributed by atoms with Crippen LogP contribution in [0.3, 0.4) is 0 Å². The number of methoxy groups -OCH3 is 1. The standard InChI is InChI=1S/C18H21N3O3/c1-21(13-14-6-8-15(9-7-14)17(22)24-2)18(23)20-12-10-16-5-3-4-11-19-16/h3-9,11H,10,12-13H2,1-2H3,(H,20,23). The molecule has 0 saturated carbocycles. The van der Waals surface area contributed by atoms with E-state index in [0.717, 1.165) is 11.3 Å². The van der Waals surface area contributed by atoms with Crippen molar-refractivity contribution in [2.75, 3.05) is 20.7 Å². The smallest absolute Gasteiger partial charge is 0.337 e. The number of aromatic nitrogens is 1. The Labute approximate surface area is 141 Å². The number of ether oxygens (including phenoxy) is 1. The summed E-state index contributed by atoms with van der Waals surface area (Å²) < 4.78 is 4.66. The Kier molecular flexibility index (Phi) is 6.31. The molecule has 1 heterocycles. The third-order valence-electron chi connectivity index (χ3n) is 3.52. The minimum atomic E-state index is -0.373. The second-order valence-electron chi connectivity index (χ2n) is 5.35. The predicted octanol–water partition coefficient (Wildman–Crippen LogP) is 2.25. The maximum atomic E-state index is 12.1. The highest BCUT2D eigenvalue weighted by molar-refractivity contribution is 5.89. The fourth-order valence-corrected chi connectivity index (χ4v) is 2.19. The third-order valence-corrected chi connectivity index (χ3v) is 3.52. The van der Waals surface area contributed by atoms with E-state index < -0.39 is 0 Å².